The number of pyridine rings is 1. The van der Waals surface area contributed by atoms with Gasteiger partial charge in [-0.2, -0.15) is 0 Å². The van der Waals surface area contributed by atoms with Gasteiger partial charge in [-0.1, -0.05) is 19.9 Å². The van der Waals surface area contributed by atoms with Crippen molar-refractivity contribution in [1.82, 2.24) is 10.3 Å². The SMILES string of the molecule is CCCNC(=O)C(C)(C)COc1cccc2nc(CC)c(C(=O)O)c(N)c12. The van der Waals surface area contributed by atoms with Crippen molar-refractivity contribution in [3.63, 3.8) is 0 Å². The van der Waals surface area contributed by atoms with Crippen LogP contribution in [-0.2, 0) is 11.2 Å². The van der Waals surface area contributed by atoms with E-state index < -0.39 is 11.4 Å². The first kappa shape index (κ1) is 20.5. The lowest BCUT2D eigenvalue weighted by molar-refractivity contribution is -0.130. The highest BCUT2D eigenvalue weighted by atomic mass is 16.5. The standard InChI is InChI=1S/C20H27N3O4/c1-5-10-22-19(26)20(3,4)11-27-14-9-7-8-13-15(14)17(21)16(18(24)25)12(6-2)23-13/h7-9H,5-6,10-11H2,1-4H3,(H2,21,23)(H,22,26)(H,24,25). The number of benzene rings is 1. The number of hydrogen-bond acceptors (Lipinski definition) is 5. The molecule has 1 amide bonds. The molecular weight excluding hydrogens is 346 g/mol. The van der Waals surface area contributed by atoms with E-state index in [1.54, 1.807) is 32.0 Å². The molecule has 27 heavy (non-hydrogen) atoms. The zero-order valence-corrected chi connectivity index (χ0v) is 16.3. The van der Waals surface area contributed by atoms with Crippen LogP contribution in [0.3, 0.4) is 0 Å². The zero-order valence-electron chi connectivity index (χ0n) is 16.3. The third-order valence-electron chi connectivity index (χ3n) is 4.37. The van der Waals surface area contributed by atoms with E-state index >= 15 is 0 Å². The van der Waals surface area contributed by atoms with Crippen molar-refractivity contribution in [2.45, 2.75) is 40.5 Å². The lowest BCUT2D eigenvalue weighted by Gasteiger charge is -2.24. The molecule has 0 atom stereocenters. The molecule has 2 aromatic rings. The minimum atomic E-state index is -1.12. The molecule has 0 bridgehead atoms. The Labute approximate surface area is 158 Å². The Kier molecular flexibility index (Phi) is 6.25. The maximum absolute atomic E-state index is 12.3. The molecule has 0 unspecified atom stereocenters. The van der Waals surface area contributed by atoms with Gasteiger partial charge in [-0.25, -0.2) is 4.79 Å². The average molecular weight is 373 g/mol. The number of hydrogen-bond donors (Lipinski definition) is 3. The Bertz CT molecular complexity index is 862. The Morgan fingerprint density at radius 1 is 1.30 bits per heavy atom. The second kappa shape index (κ2) is 8.24. The number of nitrogens with zero attached hydrogens (tertiary/aromatic N) is 1. The van der Waals surface area contributed by atoms with E-state index in [4.69, 9.17) is 10.5 Å². The molecule has 146 valence electrons. The van der Waals surface area contributed by atoms with E-state index in [0.29, 0.717) is 35.3 Å². The topological polar surface area (TPSA) is 115 Å². The number of aromatic nitrogens is 1. The van der Waals surface area contributed by atoms with Crippen molar-refractivity contribution in [2.24, 2.45) is 5.41 Å². The van der Waals surface area contributed by atoms with Crippen LogP contribution in [0.5, 0.6) is 5.75 Å². The summed E-state index contributed by atoms with van der Waals surface area (Å²) in [7, 11) is 0. The zero-order chi connectivity index (χ0) is 20.2. The monoisotopic (exact) mass is 373 g/mol. The first-order valence-corrected chi connectivity index (χ1v) is 9.08. The van der Waals surface area contributed by atoms with Crippen LogP contribution in [0.2, 0.25) is 0 Å². The van der Waals surface area contributed by atoms with Gasteiger partial charge < -0.3 is 20.9 Å². The second-order valence-electron chi connectivity index (χ2n) is 7.08. The number of rotatable bonds is 8. The molecule has 7 nitrogen and oxygen atoms in total. The number of carbonyl (C=O) groups excluding carboxylic acids is 1. The number of fused-ring (bicyclic) bond motifs is 1. The van der Waals surface area contributed by atoms with Crippen LogP contribution in [0.25, 0.3) is 10.9 Å². The number of nitrogens with one attached hydrogen (secondary N) is 1. The van der Waals surface area contributed by atoms with Gasteiger partial charge in [0.05, 0.1) is 27.7 Å². The van der Waals surface area contributed by atoms with E-state index in [1.807, 2.05) is 13.8 Å². The molecule has 0 radical (unpaired) electrons. The summed E-state index contributed by atoms with van der Waals surface area (Å²) in [5.41, 5.74) is 6.57. The van der Waals surface area contributed by atoms with Crippen LogP contribution in [0.15, 0.2) is 18.2 Å². The fourth-order valence-corrected chi connectivity index (χ4v) is 2.78. The molecule has 0 fully saturated rings. The summed E-state index contributed by atoms with van der Waals surface area (Å²) >= 11 is 0. The second-order valence-corrected chi connectivity index (χ2v) is 7.08. The number of carbonyl (C=O) groups is 2. The Balaban J connectivity index is 2.41. The number of ether oxygens (including phenoxy) is 1. The van der Waals surface area contributed by atoms with Crippen LogP contribution in [0, 0.1) is 5.41 Å². The molecule has 0 saturated carbocycles. The first-order valence-electron chi connectivity index (χ1n) is 9.08. The minimum absolute atomic E-state index is 0.000925. The highest BCUT2D eigenvalue weighted by Gasteiger charge is 2.29. The molecule has 0 spiro atoms. The molecule has 2 rings (SSSR count). The molecule has 1 aromatic heterocycles. The fraction of sp³-hybridized carbons (Fsp3) is 0.450. The Morgan fingerprint density at radius 3 is 2.59 bits per heavy atom. The highest BCUT2D eigenvalue weighted by Crippen LogP contribution is 2.34. The Hall–Kier alpha value is -2.83. The molecule has 0 saturated heterocycles. The number of anilines is 1. The molecule has 4 N–H and O–H groups in total. The van der Waals surface area contributed by atoms with Gasteiger partial charge in [0.25, 0.3) is 0 Å². The maximum Gasteiger partial charge on any atom is 0.339 e. The van der Waals surface area contributed by atoms with Crippen molar-refractivity contribution in [3.8, 4) is 5.75 Å². The van der Waals surface area contributed by atoms with Crippen molar-refractivity contribution in [2.75, 3.05) is 18.9 Å². The quantitative estimate of drug-likeness (QED) is 0.655. The van der Waals surface area contributed by atoms with E-state index in [0.717, 1.165) is 6.42 Å². The molecule has 7 heteroatoms. The van der Waals surface area contributed by atoms with Crippen LogP contribution >= 0.6 is 0 Å². The average Bonchev–Trinajstić information content (AvgIpc) is 2.63. The maximum atomic E-state index is 12.3. The van der Waals surface area contributed by atoms with E-state index in [9.17, 15) is 14.7 Å². The summed E-state index contributed by atoms with van der Waals surface area (Å²) in [5, 5.41) is 12.8. The molecule has 1 aromatic carbocycles. The van der Waals surface area contributed by atoms with Crippen LogP contribution in [-0.4, -0.2) is 35.1 Å². The summed E-state index contributed by atoms with van der Waals surface area (Å²) in [6, 6.07) is 5.24. The third kappa shape index (κ3) is 4.30. The van der Waals surface area contributed by atoms with E-state index in [-0.39, 0.29) is 23.8 Å². The summed E-state index contributed by atoms with van der Waals surface area (Å²) in [6.45, 7) is 8.14. The van der Waals surface area contributed by atoms with E-state index in [2.05, 4.69) is 10.3 Å². The number of aromatic carboxylic acids is 1. The number of aryl methyl sites for hydroxylation is 1. The molecule has 0 aliphatic carbocycles. The van der Waals surface area contributed by atoms with Gasteiger partial charge in [-0.05, 0) is 38.8 Å². The van der Waals surface area contributed by atoms with Crippen LogP contribution in [0.1, 0.15) is 50.2 Å². The first-order chi connectivity index (χ1) is 12.7. The van der Waals surface area contributed by atoms with Crippen LogP contribution < -0.4 is 15.8 Å². The molecule has 0 aliphatic rings. The van der Waals surface area contributed by atoms with Gasteiger partial charge in [0.2, 0.25) is 5.91 Å². The number of nitrogens with two attached hydrogens (primary N) is 1. The largest absolute Gasteiger partial charge is 0.492 e. The Morgan fingerprint density at radius 2 is 2.00 bits per heavy atom. The van der Waals surface area contributed by atoms with Crippen LogP contribution in [0.4, 0.5) is 5.69 Å². The van der Waals surface area contributed by atoms with Gasteiger partial charge in [-0.3, -0.25) is 9.78 Å². The van der Waals surface area contributed by atoms with Gasteiger partial charge in [0.15, 0.2) is 0 Å². The number of amides is 1. The highest BCUT2D eigenvalue weighted by molar-refractivity contribution is 6.06. The summed E-state index contributed by atoms with van der Waals surface area (Å²) in [4.78, 5) is 28.4. The van der Waals surface area contributed by atoms with E-state index in [1.165, 1.54) is 0 Å². The van der Waals surface area contributed by atoms with Crippen molar-refractivity contribution < 1.29 is 19.4 Å². The normalized spacial score (nSPS) is 11.4. The summed E-state index contributed by atoms with van der Waals surface area (Å²) in [6.07, 6.45) is 1.31. The van der Waals surface area contributed by atoms with Crippen molar-refractivity contribution >= 4 is 28.5 Å². The predicted octanol–water partition coefficient (Wildman–Crippen LogP) is 3.01. The fourth-order valence-electron chi connectivity index (χ4n) is 2.78. The number of nitrogen functional groups attached to an aromatic ring is 1. The summed E-state index contributed by atoms with van der Waals surface area (Å²) < 4.78 is 5.90. The predicted molar refractivity (Wildman–Crippen MR) is 105 cm³/mol. The lowest BCUT2D eigenvalue weighted by atomic mass is 9.93. The van der Waals surface area contributed by atoms with Gasteiger partial charge in [0.1, 0.15) is 17.9 Å². The number of carboxylic acid groups (broad SMARTS) is 1. The number of carboxylic acids is 1. The smallest absolute Gasteiger partial charge is 0.339 e. The summed E-state index contributed by atoms with van der Waals surface area (Å²) in [5.74, 6) is -0.804. The molecular formula is C20H27N3O4. The van der Waals surface area contributed by atoms with Gasteiger partial charge in [-0.15, -0.1) is 0 Å². The van der Waals surface area contributed by atoms with Gasteiger partial charge in [0, 0.05) is 6.54 Å². The van der Waals surface area contributed by atoms with Gasteiger partial charge >= 0.3 is 5.97 Å². The van der Waals surface area contributed by atoms with Crippen molar-refractivity contribution in [1.29, 1.82) is 0 Å². The molecule has 0 aliphatic heterocycles. The minimum Gasteiger partial charge on any atom is -0.492 e. The lowest BCUT2D eigenvalue weighted by Crippen LogP contribution is -2.41. The third-order valence-corrected chi connectivity index (χ3v) is 4.37. The van der Waals surface area contributed by atoms with Crippen molar-refractivity contribution in [3.05, 3.63) is 29.5 Å². The molecule has 1 heterocycles.